The van der Waals surface area contributed by atoms with Crippen LogP contribution in [0.25, 0.3) is 0 Å². The first kappa shape index (κ1) is 17.3. The summed E-state index contributed by atoms with van der Waals surface area (Å²) in [4.78, 5) is 16.1. The molecule has 25 heavy (non-hydrogen) atoms. The maximum atomic E-state index is 13.3. The number of halogens is 2. The number of benzene rings is 1. The van der Waals surface area contributed by atoms with Crippen LogP contribution in [-0.4, -0.2) is 17.4 Å². The summed E-state index contributed by atoms with van der Waals surface area (Å²) in [5, 5.41) is 2.85. The van der Waals surface area contributed by atoms with Crippen LogP contribution in [0.2, 0.25) is 0 Å². The minimum Gasteiger partial charge on any atom is -0.489 e. The van der Waals surface area contributed by atoms with Crippen molar-refractivity contribution in [3.05, 3.63) is 59.4 Å². The lowest BCUT2D eigenvalue weighted by molar-refractivity contribution is 0.0172. The number of nitrogens with one attached hydrogen (secondary N) is 1. The van der Waals surface area contributed by atoms with Gasteiger partial charge in [0.25, 0.3) is 11.8 Å². The molecule has 6 heteroatoms. The standard InChI is InChI=1S/C19H20F2N2O2/c1-19(20,21)15-3-2-4-16(9-15)25-12-14-7-8-17(22-11-14)18(24)23-10-13-5-6-13/h2-4,7-9,11,13H,5-6,10,12H2,1H3,(H,23,24). The summed E-state index contributed by atoms with van der Waals surface area (Å²) in [6.07, 6.45) is 3.91. The highest BCUT2D eigenvalue weighted by molar-refractivity contribution is 5.92. The van der Waals surface area contributed by atoms with Crippen molar-refractivity contribution < 1.29 is 18.3 Å². The first-order valence-corrected chi connectivity index (χ1v) is 8.26. The van der Waals surface area contributed by atoms with E-state index in [9.17, 15) is 13.6 Å². The van der Waals surface area contributed by atoms with E-state index in [1.54, 1.807) is 24.4 Å². The zero-order valence-corrected chi connectivity index (χ0v) is 14.0. The highest BCUT2D eigenvalue weighted by Crippen LogP contribution is 2.29. The summed E-state index contributed by atoms with van der Waals surface area (Å²) in [7, 11) is 0. The van der Waals surface area contributed by atoms with Crippen LogP contribution in [0.3, 0.4) is 0 Å². The fourth-order valence-corrected chi connectivity index (χ4v) is 2.32. The van der Waals surface area contributed by atoms with E-state index in [1.807, 2.05) is 0 Å². The number of rotatable bonds is 7. The Hall–Kier alpha value is -2.50. The second-order valence-electron chi connectivity index (χ2n) is 6.41. The van der Waals surface area contributed by atoms with Crippen molar-refractivity contribution in [2.24, 2.45) is 5.92 Å². The number of carbonyl (C=O) groups is 1. The molecule has 1 N–H and O–H groups in total. The summed E-state index contributed by atoms with van der Waals surface area (Å²) in [6, 6.07) is 9.24. The topological polar surface area (TPSA) is 51.2 Å². The molecule has 0 radical (unpaired) electrons. The predicted molar refractivity (Wildman–Crippen MR) is 89.6 cm³/mol. The van der Waals surface area contributed by atoms with E-state index in [1.165, 1.54) is 31.0 Å². The van der Waals surface area contributed by atoms with Crippen molar-refractivity contribution in [2.45, 2.75) is 32.3 Å². The predicted octanol–water partition coefficient (Wildman–Crippen LogP) is 3.91. The van der Waals surface area contributed by atoms with Crippen molar-refractivity contribution in [3.8, 4) is 5.75 Å². The van der Waals surface area contributed by atoms with Crippen molar-refractivity contribution in [1.29, 1.82) is 0 Å². The SMILES string of the molecule is CC(F)(F)c1cccc(OCc2ccc(C(=O)NCC3CC3)nc2)c1. The fraction of sp³-hybridized carbons (Fsp3) is 0.368. The van der Waals surface area contributed by atoms with Crippen molar-refractivity contribution in [1.82, 2.24) is 10.3 Å². The Morgan fingerprint density at radius 3 is 2.76 bits per heavy atom. The molecule has 1 fully saturated rings. The molecule has 1 aromatic carbocycles. The zero-order chi connectivity index (χ0) is 17.9. The molecule has 1 saturated carbocycles. The molecule has 132 valence electrons. The van der Waals surface area contributed by atoms with Gasteiger partial charge in [-0.15, -0.1) is 0 Å². The highest BCUT2D eigenvalue weighted by Gasteiger charge is 2.24. The Kier molecular flexibility index (Phi) is 4.97. The summed E-state index contributed by atoms with van der Waals surface area (Å²) in [5.74, 6) is -2.11. The van der Waals surface area contributed by atoms with E-state index in [2.05, 4.69) is 10.3 Å². The van der Waals surface area contributed by atoms with E-state index >= 15 is 0 Å². The molecule has 1 aromatic heterocycles. The molecular weight excluding hydrogens is 326 g/mol. The number of hydrogen-bond donors (Lipinski definition) is 1. The maximum Gasteiger partial charge on any atom is 0.270 e. The lowest BCUT2D eigenvalue weighted by Crippen LogP contribution is -2.26. The Bertz CT molecular complexity index is 738. The van der Waals surface area contributed by atoms with Gasteiger partial charge in [0.15, 0.2) is 0 Å². The fourth-order valence-electron chi connectivity index (χ4n) is 2.32. The number of alkyl halides is 2. The second kappa shape index (κ2) is 7.17. The van der Waals surface area contributed by atoms with Gasteiger partial charge >= 0.3 is 0 Å². The van der Waals surface area contributed by atoms with Gasteiger partial charge < -0.3 is 10.1 Å². The molecule has 0 aliphatic heterocycles. The third-order valence-corrected chi connectivity index (χ3v) is 4.05. The molecule has 1 heterocycles. The van der Waals surface area contributed by atoms with Gasteiger partial charge in [-0.2, -0.15) is 0 Å². The van der Waals surface area contributed by atoms with Crippen LogP contribution in [0.1, 0.15) is 41.4 Å². The molecule has 0 atom stereocenters. The van der Waals surface area contributed by atoms with E-state index < -0.39 is 5.92 Å². The van der Waals surface area contributed by atoms with Crippen LogP contribution in [0.4, 0.5) is 8.78 Å². The van der Waals surface area contributed by atoms with Crippen LogP contribution >= 0.6 is 0 Å². The van der Waals surface area contributed by atoms with Gasteiger partial charge in [0.1, 0.15) is 18.1 Å². The first-order valence-electron chi connectivity index (χ1n) is 8.26. The normalized spacial score (nSPS) is 14.2. The van der Waals surface area contributed by atoms with Crippen molar-refractivity contribution in [2.75, 3.05) is 6.54 Å². The van der Waals surface area contributed by atoms with E-state index in [4.69, 9.17) is 4.74 Å². The van der Waals surface area contributed by atoms with Crippen LogP contribution < -0.4 is 10.1 Å². The zero-order valence-electron chi connectivity index (χ0n) is 14.0. The quantitative estimate of drug-likeness (QED) is 0.827. The third kappa shape index (κ3) is 4.98. The molecule has 0 unspecified atom stereocenters. The molecule has 2 aromatic rings. The molecular formula is C19H20F2N2O2. The molecule has 0 saturated heterocycles. The maximum absolute atomic E-state index is 13.3. The summed E-state index contributed by atoms with van der Waals surface area (Å²) in [6.45, 7) is 1.74. The lowest BCUT2D eigenvalue weighted by Gasteiger charge is -2.12. The van der Waals surface area contributed by atoms with Crippen LogP contribution in [0.5, 0.6) is 5.75 Å². The largest absolute Gasteiger partial charge is 0.489 e. The Labute approximate surface area is 145 Å². The average molecular weight is 346 g/mol. The van der Waals surface area contributed by atoms with E-state index in [0.29, 0.717) is 23.9 Å². The number of carbonyl (C=O) groups excluding carboxylic acids is 1. The molecule has 4 nitrogen and oxygen atoms in total. The number of nitrogens with zero attached hydrogens (tertiary/aromatic N) is 1. The van der Waals surface area contributed by atoms with Gasteiger partial charge in [0, 0.05) is 30.8 Å². The van der Waals surface area contributed by atoms with Crippen LogP contribution in [0.15, 0.2) is 42.6 Å². The number of ether oxygens (including phenoxy) is 1. The monoisotopic (exact) mass is 346 g/mol. The van der Waals surface area contributed by atoms with Crippen LogP contribution in [0, 0.1) is 5.92 Å². The first-order chi connectivity index (χ1) is 11.9. The number of amides is 1. The number of hydrogen-bond acceptors (Lipinski definition) is 3. The van der Waals surface area contributed by atoms with Gasteiger partial charge in [-0.25, -0.2) is 8.78 Å². The molecule has 0 spiro atoms. The summed E-state index contributed by atoms with van der Waals surface area (Å²) < 4.78 is 32.2. The minimum atomic E-state index is -2.91. The Balaban J connectivity index is 1.55. The van der Waals surface area contributed by atoms with Crippen LogP contribution in [-0.2, 0) is 12.5 Å². The number of aromatic nitrogens is 1. The van der Waals surface area contributed by atoms with Gasteiger partial charge in [0.05, 0.1) is 0 Å². The van der Waals surface area contributed by atoms with Gasteiger partial charge in [-0.3, -0.25) is 9.78 Å². The lowest BCUT2D eigenvalue weighted by atomic mass is 10.1. The Morgan fingerprint density at radius 2 is 2.12 bits per heavy atom. The highest BCUT2D eigenvalue weighted by atomic mass is 19.3. The van der Waals surface area contributed by atoms with Gasteiger partial charge in [-0.1, -0.05) is 18.2 Å². The van der Waals surface area contributed by atoms with Gasteiger partial charge in [-0.05, 0) is 37.0 Å². The van der Waals surface area contributed by atoms with Crippen molar-refractivity contribution >= 4 is 5.91 Å². The molecule has 1 aliphatic carbocycles. The average Bonchev–Trinajstić information content (AvgIpc) is 3.42. The minimum absolute atomic E-state index is 0.0918. The molecule has 3 rings (SSSR count). The second-order valence-corrected chi connectivity index (χ2v) is 6.41. The summed E-state index contributed by atoms with van der Waals surface area (Å²) in [5.41, 5.74) is 1.02. The third-order valence-electron chi connectivity index (χ3n) is 4.05. The molecule has 1 amide bonds. The molecule has 1 aliphatic rings. The molecule has 0 bridgehead atoms. The van der Waals surface area contributed by atoms with Crippen molar-refractivity contribution in [3.63, 3.8) is 0 Å². The van der Waals surface area contributed by atoms with Gasteiger partial charge in [0.2, 0.25) is 0 Å². The number of pyridine rings is 1. The Morgan fingerprint density at radius 1 is 1.32 bits per heavy atom. The smallest absolute Gasteiger partial charge is 0.270 e. The van der Waals surface area contributed by atoms with E-state index in [-0.39, 0.29) is 18.1 Å². The van der Waals surface area contributed by atoms with E-state index in [0.717, 1.165) is 12.5 Å². The summed E-state index contributed by atoms with van der Waals surface area (Å²) >= 11 is 0.